The summed E-state index contributed by atoms with van der Waals surface area (Å²) in [4.78, 5) is 0. The van der Waals surface area contributed by atoms with Gasteiger partial charge in [0.1, 0.15) is 10.4 Å². The number of benzene rings is 1. The maximum atomic E-state index is 5.35. The van der Waals surface area contributed by atoms with Gasteiger partial charge >= 0.3 is 0 Å². The summed E-state index contributed by atoms with van der Waals surface area (Å²) in [6.07, 6.45) is 0. The molecular formula is C8H10INO. The first kappa shape index (κ1) is 8.64. The highest BCUT2D eigenvalue weighted by atomic mass is 127. The molecule has 1 rings (SSSR count). The summed E-state index contributed by atoms with van der Waals surface area (Å²) in [6, 6.07) is 7.88. The van der Waals surface area contributed by atoms with Gasteiger partial charge < -0.3 is 10.1 Å². The van der Waals surface area contributed by atoms with Gasteiger partial charge in [0.15, 0.2) is 0 Å². The van der Waals surface area contributed by atoms with Crippen LogP contribution in [-0.2, 0) is 0 Å². The Morgan fingerprint density at radius 2 is 2.18 bits per heavy atom. The Balaban J connectivity index is 2.83. The van der Waals surface area contributed by atoms with Gasteiger partial charge in [0.2, 0.25) is 0 Å². The summed E-state index contributed by atoms with van der Waals surface area (Å²) < 4.78 is 6.03. The van der Waals surface area contributed by atoms with Crippen molar-refractivity contribution in [2.75, 3.05) is 17.0 Å². The van der Waals surface area contributed by atoms with E-state index in [4.69, 9.17) is 4.74 Å². The Labute approximate surface area is 80.1 Å². The van der Waals surface area contributed by atoms with E-state index in [1.165, 1.54) is 0 Å². The number of hydrogen-bond donors (Lipinski definition) is 1. The molecule has 0 aliphatic rings. The molecule has 60 valence electrons. The zero-order valence-corrected chi connectivity index (χ0v) is 8.46. The SMILES string of the molecule is CNc1ccccc1OCI. The first-order chi connectivity index (χ1) is 5.38. The van der Waals surface area contributed by atoms with Crippen LogP contribution in [0.3, 0.4) is 0 Å². The Morgan fingerprint density at radius 1 is 1.45 bits per heavy atom. The van der Waals surface area contributed by atoms with Crippen LogP contribution < -0.4 is 10.1 Å². The molecular weight excluding hydrogens is 253 g/mol. The number of nitrogens with one attached hydrogen (secondary N) is 1. The van der Waals surface area contributed by atoms with Crippen LogP contribution in [-0.4, -0.2) is 11.7 Å². The summed E-state index contributed by atoms with van der Waals surface area (Å²) in [5, 5.41) is 3.05. The fraction of sp³-hybridized carbons (Fsp3) is 0.250. The van der Waals surface area contributed by atoms with E-state index in [0.29, 0.717) is 4.61 Å². The molecule has 0 heterocycles. The van der Waals surface area contributed by atoms with E-state index < -0.39 is 0 Å². The van der Waals surface area contributed by atoms with E-state index in [2.05, 4.69) is 27.9 Å². The predicted molar refractivity (Wildman–Crippen MR) is 55.5 cm³/mol. The van der Waals surface area contributed by atoms with E-state index in [-0.39, 0.29) is 0 Å². The van der Waals surface area contributed by atoms with Gasteiger partial charge in [-0.25, -0.2) is 0 Å². The molecule has 1 N–H and O–H groups in total. The molecule has 0 aliphatic carbocycles. The van der Waals surface area contributed by atoms with Gasteiger partial charge in [0.05, 0.1) is 5.69 Å². The number of para-hydroxylation sites is 2. The molecule has 11 heavy (non-hydrogen) atoms. The lowest BCUT2D eigenvalue weighted by Crippen LogP contribution is -1.94. The van der Waals surface area contributed by atoms with Crippen LogP contribution in [0.25, 0.3) is 0 Å². The molecule has 2 nitrogen and oxygen atoms in total. The highest BCUT2D eigenvalue weighted by Crippen LogP contribution is 2.22. The number of anilines is 1. The van der Waals surface area contributed by atoms with E-state index >= 15 is 0 Å². The molecule has 3 heteroatoms. The number of hydrogen-bond acceptors (Lipinski definition) is 2. The second kappa shape index (κ2) is 4.43. The van der Waals surface area contributed by atoms with E-state index in [9.17, 15) is 0 Å². The summed E-state index contributed by atoms with van der Waals surface area (Å²) in [5.74, 6) is 0.907. The zero-order chi connectivity index (χ0) is 8.10. The molecule has 0 atom stereocenters. The summed E-state index contributed by atoms with van der Waals surface area (Å²) >= 11 is 2.17. The van der Waals surface area contributed by atoms with Crippen molar-refractivity contribution in [3.05, 3.63) is 24.3 Å². The molecule has 1 aromatic carbocycles. The minimum atomic E-state index is 0.677. The average molecular weight is 263 g/mol. The van der Waals surface area contributed by atoms with Gasteiger partial charge in [-0.05, 0) is 34.7 Å². The van der Waals surface area contributed by atoms with Gasteiger partial charge in [-0.15, -0.1) is 0 Å². The van der Waals surface area contributed by atoms with Crippen molar-refractivity contribution in [3.8, 4) is 5.75 Å². The Morgan fingerprint density at radius 3 is 2.82 bits per heavy atom. The van der Waals surface area contributed by atoms with Crippen molar-refractivity contribution in [2.45, 2.75) is 0 Å². The fourth-order valence-electron chi connectivity index (χ4n) is 0.858. The van der Waals surface area contributed by atoms with Gasteiger partial charge in [-0.3, -0.25) is 0 Å². The molecule has 0 spiro atoms. The summed E-state index contributed by atoms with van der Waals surface area (Å²) in [5.41, 5.74) is 1.03. The molecule has 0 aliphatic heterocycles. The van der Waals surface area contributed by atoms with Crippen LogP contribution >= 0.6 is 22.6 Å². The third-order valence-electron chi connectivity index (χ3n) is 1.37. The van der Waals surface area contributed by atoms with Crippen LogP contribution in [0, 0.1) is 0 Å². The molecule has 0 saturated heterocycles. The highest BCUT2D eigenvalue weighted by Gasteiger charge is 1.97. The lowest BCUT2D eigenvalue weighted by Gasteiger charge is -2.07. The number of alkyl halides is 1. The molecule has 0 amide bonds. The largest absolute Gasteiger partial charge is 0.481 e. The van der Waals surface area contributed by atoms with Gasteiger partial charge in [-0.1, -0.05) is 12.1 Å². The first-order valence-electron chi connectivity index (χ1n) is 3.34. The fourth-order valence-corrected chi connectivity index (χ4v) is 1.19. The van der Waals surface area contributed by atoms with Crippen molar-refractivity contribution < 1.29 is 4.74 Å². The van der Waals surface area contributed by atoms with Crippen molar-refractivity contribution in [3.63, 3.8) is 0 Å². The predicted octanol–water partition coefficient (Wildman–Crippen LogP) is 2.50. The second-order valence-corrected chi connectivity index (χ2v) is 2.62. The topological polar surface area (TPSA) is 21.3 Å². The second-order valence-electron chi connectivity index (χ2n) is 2.00. The summed E-state index contributed by atoms with van der Waals surface area (Å²) in [7, 11) is 1.88. The lowest BCUT2D eigenvalue weighted by atomic mass is 10.3. The Hall–Kier alpha value is -0.450. The van der Waals surface area contributed by atoms with Crippen molar-refractivity contribution in [1.29, 1.82) is 0 Å². The monoisotopic (exact) mass is 263 g/mol. The standard InChI is InChI=1S/C8H10INO/c1-10-7-4-2-3-5-8(7)11-6-9/h2-5,10H,6H2,1H3. The highest BCUT2D eigenvalue weighted by molar-refractivity contribution is 14.1. The molecule has 0 saturated carbocycles. The quantitative estimate of drug-likeness (QED) is 0.668. The first-order valence-corrected chi connectivity index (χ1v) is 4.86. The minimum absolute atomic E-state index is 0.677. The van der Waals surface area contributed by atoms with Crippen LogP contribution in [0.1, 0.15) is 0 Å². The van der Waals surface area contributed by atoms with E-state index in [0.717, 1.165) is 11.4 Å². The van der Waals surface area contributed by atoms with Gasteiger partial charge in [-0.2, -0.15) is 0 Å². The smallest absolute Gasteiger partial charge is 0.143 e. The molecule has 0 bridgehead atoms. The normalized spacial score (nSPS) is 9.27. The zero-order valence-electron chi connectivity index (χ0n) is 6.30. The van der Waals surface area contributed by atoms with Crippen LogP contribution in [0.5, 0.6) is 5.75 Å². The third kappa shape index (κ3) is 2.25. The number of ether oxygens (including phenoxy) is 1. The maximum absolute atomic E-state index is 5.35. The Bertz CT molecular complexity index is 227. The minimum Gasteiger partial charge on any atom is -0.481 e. The third-order valence-corrected chi connectivity index (χ3v) is 1.68. The van der Waals surface area contributed by atoms with Crippen LogP contribution in [0.15, 0.2) is 24.3 Å². The van der Waals surface area contributed by atoms with Crippen LogP contribution in [0.2, 0.25) is 0 Å². The lowest BCUT2D eigenvalue weighted by molar-refractivity contribution is 0.406. The summed E-state index contributed by atoms with van der Waals surface area (Å²) in [6.45, 7) is 0. The molecule has 0 unspecified atom stereocenters. The molecule has 0 fully saturated rings. The van der Waals surface area contributed by atoms with Crippen molar-refractivity contribution in [1.82, 2.24) is 0 Å². The average Bonchev–Trinajstić information content (AvgIpc) is 2.06. The van der Waals surface area contributed by atoms with E-state index in [1.54, 1.807) is 0 Å². The maximum Gasteiger partial charge on any atom is 0.143 e. The van der Waals surface area contributed by atoms with Gasteiger partial charge in [0.25, 0.3) is 0 Å². The van der Waals surface area contributed by atoms with Crippen molar-refractivity contribution in [2.24, 2.45) is 0 Å². The van der Waals surface area contributed by atoms with Gasteiger partial charge in [0, 0.05) is 7.05 Å². The van der Waals surface area contributed by atoms with E-state index in [1.807, 2.05) is 31.3 Å². The van der Waals surface area contributed by atoms with Crippen molar-refractivity contribution >= 4 is 28.3 Å². The number of halogens is 1. The Kier molecular flexibility index (Phi) is 3.48. The van der Waals surface area contributed by atoms with Crippen LogP contribution in [0.4, 0.5) is 5.69 Å². The number of rotatable bonds is 3. The molecule has 1 aromatic rings. The molecule has 0 aromatic heterocycles. The molecule has 0 radical (unpaired) electrons.